The molecular formula is C53H71Cl2CuLiN11O18S2. The van der Waals surface area contributed by atoms with Crippen LogP contribution in [-0.2, 0) is 54.1 Å². The number of nitrogens with zero attached hydrogens (tertiary/aromatic N) is 4. The molecule has 1 heterocycles. The normalized spacial score (nSPS) is 9.67. The fraction of sp³-hybridized carbons (Fsp3) is 0.283. The van der Waals surface area contributed by atoms with E-state index in [9.17, 15) is 61.0 Å². The van der Waals surface area contributed by atoms with Gasteiger partial charge in [-0.25, -0.2) is 46.7 Å². The number of ether oxygens (including phenoxy) is 4. The fourth-order valence-corrected chi connectivity index (χ4v) is 7.32. The summed E-state index contributed by atoms with van der Waals surface area (Å²) < 4.78 is 73.5. The molecule has 0 unspecified atom stereocenters. The molecule has 0 bridgehead atoms. The van der Waals surface area contributed by atoms with Crippen LogP contribution in [0.3, 0.4) is 0 Å². The average Bonchev–Trinajstić information content (AvgIpc) is 4.04. The zero-order valence-corrected chi connectivity index (χ0v) is 53.4. The summed E-state index contributed by atoms with van der Waals surface area (Å²) in [6.07, 6.45) is 2.13. The molecule has 0 spiro atoms. The molecule has 0 radical (unpaired) electrons. The number of nitro benzene ring substituents is 2. The summed E-state index contributed by atoms with van der Waals surface area (Å²) >= 11 is 9.37. The van der Waals surface area contributed by atoms with Gasteiger partial charge in [-0.2, -0.15) is 0 Å². The molecule has 0 aliphatic heterocycles. The van der Waals surface area contributed by atoms with Crippen LogP contribution in [0.2, 0.25) is 5.02 Å². The third kappa shape index (κ3) is 33.2. The number of nitrogens with two attached hydrogens (primary N) is 4. The molecule has 0 atom stereocenters. The number of carbonyl (C=O) groups excluding carboxylic acids is 5. The van der Waals surface area contributed by atoms with Crippen molar-refractivity contribution in [1.82, 2.24) is 15.6 Å². The largest absolute Gasteiger partial charge is 1.00 e. The first-order chi connectivity index (χ1) is 39.7. The standard InChI is InChI=1S/C11H15NO4S.C10H12N4O3S.C10H11NO4.C10H13NO2.C9H8ClNO4.CH5N3O.CH4.CH3.ClH.Cu.Li/c1-4-16-11(13)10-7-9(6-5-8(10)2)12-17(3,14)15;1-6-3-4-7(14-18(2,15)16)5-8(6)9-12-13-10(11)17-9;1-3-15-10(12)9-6-8(11(13)14)5-4-7(9)2;1-3-13-10(12)9-6-8(11)5-4-7(9)2;1-2-15-9(12)7-5-6(11(13)14)3-4-8(7)10;2-1(5)4-3;;;;;/h5-7,12H,4H2,1-3H3;3-5,14H,1-2H3,(H2,11,13);4-6H,3H2,1-2H3;4-6H,3,11H2,1-2H3;3-5H,2H2,1H3;3H2,(H3,2,4,5);1H4;1H3;1H;;/q;;;;;;;-1;;2*+1/p-1. The Morgan fingerprint density at radius 3 is 1.31 bits per heavy atom. The molecule has 1 aromatic heterocycles. The number of hydrogen-bond donors (Lipinski definition) is 7. The van der Waals surface area contributed by atoms with E-state index in [1.165, 1.54) is 36.4 Å². The van der Waals surface area contributed by atoms with Gasteiger partial charge in [-0.15, -0.1) is 5.10 Å². The zero-order chi connectivity index (χ0) is 65.4. The van der Waals surface area contributed by atoms with Crippen molar-refractivity contribution < 1.29 is 108 Å². The maximum absolute atomic E-state index is 11.6. The first-order valence-corrected chi connectivity index (χ1v) is 29.5. The number of benzene rings is 5. The van der Waals surface area contributed by atoms with Gasteiger partial charge in [-0.3, -0.25) is 35.1 Å². The minimum Gasteiger partial charge on any atom is 1.00 e. The van der Waals surface area contributed by atoms with Crippen molar-refractivity contribution in [2.45, 2.75) is 62.8 Å². The summed E-state index contributed by atoms with van der Waals surface area (Å²) in [4.78, 5) is 74.8. The molecule has 6 rings (SSSR count). The number of hydrazine groups is 1. The molecule has 0 saturated carbocycles. The van der Waals surface area contributed by atoms with E-state index in [-0.39, 0.29) is 98.9 Å². The van der Waals surface area contributed by atoms with Gasteiger partial charge in [0.1, 0.15) is 0 Å². The van der Waals surface area contributed by atoms with Gasteiger partial charge in [-0.1, -0.05) is 48.4 Å². The topological polar surface area (TPSA) is 456 Å². The second-order valence-corrected chi connectivity index (χ2v) is 20.3. The van der Waals surface area contributed by atoms with Gasteiger partial charge >= 0.3 is 80.0 Å². The Bertz CT molecular complexity index is 3420. The Hall–Kier alpha value is -8.05. The van der Waals surface area contributed by atoms with Crippen molar-refractivity contribution in [3.63, 3.8) is 0 Å². The number of sulfonamides is 2. The van der Waals surface area contributed by atoms with E-state index in [0.29, 0.717) is 45.9 Å². The molecule has 6 aromatic rings. The van der Waals surface area contributed by atoms with E-state index in [1.54, 1.807) is 89.4 Å². The van der Waals surface area contributed by atoms with Crippen LogP contribution in [0.25, 0.3) is 11.5 Å². The van der Waals surface area contributed by atoms with Gasteiger partial charge < -0.3 is 48.0 Å². The molecule has 5 aromatic carbocycles. The van der Waals surface area contributed by atoms with Crippen LogP contribution in [-0.4, -0.2) is 106 Å². The predicted molar refractivity (Wildman–Crippen MR) is 328 cm³/mol. The van der Waals surface area contributed by atoms with E-state index >= 15 is 0 Å². The smallest absolute Gasteiger partial charge is 1.00 e. The third-order valence-electron chi connectivity index (χ3n) is 9.73. The van der Waals surface area contributed by atoms with Crippen molar-refractivity contribution in [1.29, 1.82) is 0 Å². The number of aryl methyl sites for hydroxylation is 4. The van der Waals surface area contributed by atoms with Crippen LogP contribution in [0.5, 0.6) is 0 Å². The Kier molecular flexibility index (Phi) is 42.8. The van der Waals surface area contributed by atoms with E-state index in [0.717, 1.165) is 35.3 Å². The number of esters is 4. The van der Waals surface area contributed by atoms with Crippen molar-refractivity contribution in [3.8, 4) is 11.5 Å². The molecule has 35 heteroatoms. The van der Waals surface area contributed by atoms with Gasteiger partial charge in [0, 0.05) is 46.9 Å². The maximum atomic E-state index is 11.6. The number of amides is 2. The molecule has 29 nitrogen and oxygen atoms in total. The summed E-state index contributed by atoms with van der Waals surface area (Å²) in [6, 6.07) is 21.9. The van der Waals surface area contributed by atoms with Crippen LogP contribution in [0.1, 0.15) is 98.8 Å². The monoisotopic (exact) mass is 1350 g/mol. The number of urea groups is 1. The summed E-state index contributed by atoms with van der Waals surface area (Å²) in [5.74, 6) is 2.74. The predicted octanol–water partition coefficient (Wildman–Crippen LogP) is 6.11. The van der Waals surface area contributed by atoms with Crippen molar-refractivity contribution in [2.24, 2.45) is 11.6 Å². The number of aromatic nitrogens is 2. The van der Waals surface area contributed by atoms with E-state index in [2.05, 4.69) is 56.4 Å². The quantitative estimate of drug-likeness (QED) is 0.00702. The number of nitro groups is 2. The van der Waals surface area contributed by atoms with Gasteiger partial charge in [0.2, 0.25) is 25.9 Å². The minimum atomic E-state index is -3.35. The number of primary amides is 1. The molecule has 2 amide bonds. The summed E-state index contributed by atoms with van der Waals surface area (Å²) in [6.45, 7) is 15.1. The van der Waals surface area contributed by atoms with Crippen LogP contribution in [0.4, 0.5) is 39.2 Å². The summed E-state index contributed by atoms with van der Waals surface area (Å²) in [7, 11) is -2.47. The molecule has 0 saturated heterocycles. The minimum absolute atomic E-state index is 0. The van der Waals surface area contributed by atoms with E-state index in [4.69, 9.17) is 46.4 Å². The SMILES string of the molecule is C.CCOC(=O)c1cc(N)ccc1C.CCOC(=O)c1cc(NS(C)(=O)=O)ccc1C.CCOC(=O)c1cc([N+](=O)[O-])ccc1C.CCOC(=O)c1cc([N+](=O)[O-])ccc1Cl.Cc1ccc(NS(C)(=O)=O)cc1-c1nnc(N)o1.NNC(N)=O.[CH3-].[Cl][Cu].[Li+]. The zero-order valence-electron chi connectivity index (χ0n) is 49.3. The third-order valence-corrected chi connectivity index (χ3v) is 11.3. The van der Waals surface area contributed by atoms with Gasteiger partial charge in [0.05, 0.1) is 76.1 Å². The molecule has 11 N–H and O–H groups in total. The van der Waals surface area contributed by atoms with Crippen molar-refractivity contribution >= 4 is 106 Å². The molecule has 88 heavy (non-hydrogen) atoms. The number of anilines is 4. The first-order valence-electron chi connectivity index (χ1n) is 24.1. The maximum Gasteiger partial charge on any atom is 1.00 e. The number of halogens is 2. The molecule has 0 aliphatic rings. The number of nitrogen functional groups attached to an aromatic ring is 2. The molecule has 484 valence electrons. The van der Waals surface area contributed by atoms with Crippen molar-refractivity contribution in [2.75, 3.05) is 59.9 Å². The second-order valence-electron chi connectivity index (χ2n) is 16.4. The summed E-state index contributed by atoms with van der Waals surface area (Å²) in [5, 5.41) is 28.4. The van der Waals surface area contributed by atoms with Gasteiger partial charge in [0.15, 0.2) is 0 Å². The number of non-ortho nitro benzene ring substituents is 2. The number of carbonyl (C=O) groups is 5. The second kappa shape index (κ2) is 43.6. The Balaban J connectivity index is -0.000000485. The van der Waals surface area contributed by atoms with Crippen LogP contribution < -0.4 is 56.8 Å². The number of hydrogen-bond acceptors (Lipinski definition) is 23. The van der Waals surface area contributed by atoms with Gasteiger partial charge in [0.25, 0.3) is 11.4 Å². The fourth-order valence-electron chi connectivity index (χ4n) is 6.01. The number of nitrogens with one attached hydrogen (secondary N) is 3. The van der Waals surface area contributed by atoms with E-state index < -0.39 is 53.8 Å². The van der Waals surface area contributed by atoms with Crippen LogP contribution >= 0.6 is 21.7 Å². The van der Waals surface area contributed by atoms with Crippen LogP contribution in [0, 0.1) is 55.4 Å². The summed E-state index contributed by atoms with van der Waals surface area (Å²) in [5.41, 5.74) is 23.0. The number of rotatable bonds is 15. The molecule has 0 fully saturated rings. The molecule has 0 aliphatic carbocycles. The Morgan fingerprint density at radius 2 is 0.932 bits per heavy atom. The molecular weight excluding hydrogens is 1280 g/mol. The Labute approximate surface area is 540 Å². The van der Waals surface area contributed by atoms with E-state index in [1.807, 2.05) is 19.9 Å². The van der Waals surface area contributed by atoms with Gasteiger partial charge in [-0.05, 0) is 120 Å². The van der Waals surface area contributed by atoms with Crippen molar-refractivity contribution in [3.05, 3.63) is 168 Å². The first kappa shape index (κ1) is 86.4. The Morgan fingerprint density at radius 1 is 0.591 bits per heavy atom. The van der Waals surface area contributed by atoms with Crippen LogP contribution in [0.15, 0.2) is 95.4 Å². The average molecular weight is 1360 g/mol.